The van der Waals surface area contributed by atoms with Crippen molar-refractivity contribution in [1.82, 2.24) is 5.32 Å². The minimum Gasteiger partial charge on any atom is -0.480 e. The topological polar surface area (TPSA) is 101 Å². The van der Waals surface area contributed by atoms with Gasteiger partial charge in [-0.25, -0.2) is 12.8 Å². The number of amides is 1. The van der Waals surface area contributed by atoms with Crippen molar-refractivity contribution in [3.8, 4) is 0 Å². The molecule has 1 aromatic rings. The molecular formula is C12H14FNO5S. The zero-order valence-electron chi connectivity index (χ0n) is 10.7. The third kappa shape index (κ3) is 4.30. The fraction of sp³-hybridized carbons (Fsp3) is 0.333. The van der Waals surface area contributed by atoms with Crippen LogP contribution in [-0.2, 0) is 19.4 Å². The molecule has 0 fully saturated rings. The van der Waals surface area contributed by atoms with Crippen LogP contribution in [0.5, 0.6) is 0 Å². The van der Waals surface area contributed by atoms with E-state index in [4.69, 9.17) is 5.11 Å². The molecule has 0 saturated heterocycles. The van der Waals surface area contributed by atoms with Crippen LogP contribution < -0.4 is 5.32 Å². The minimum atomic E-state index is -3.76. The summed E-state index contributed by atoms with van der Waals surface area (Å²) in [6.07, 6.45) is -0.368. The minimum absolute atomic E-state index is 0.0857. The summed E-state index contributed by atoms with van der Waals surface area (Å²) >= 11 is 0. The highest BCUT2D eigenvalue weighted by Crippen LogP contribution is 2.18. The molecule has 1 atom stereocenters. The van der Waals surface area contributed by atoms with E-state index in [1.165, 1.54) is 6.92 Å². The normalized spacial score (nSPS) is 12.7. The Labute approximate surface area is 115 Å². The van der Waals surface area contributed by atoms with Crippen LogP contribution in [0.3, 0.4) is 0 Å². The number of sulfone groups is 1. The lowest BCUT2D eigenvalue weighted by molar-refractivity contribution is -0.137. The van der Waals surface area contributed by atoms with Gasteiger partial charge in [-0.15, -0.1) is 0 Å². The number of rotatable bonds is 6. The maximum Gasteiger partial charge on any atom is 0.322 e. The molecule has 2 N–H and O–H groups in total. The largest absolute Gasteiger partial charge is 0.480 e. The number of carboxylic acids is 1. The average molecular weight is 303 g/mol. The van der Waals surface area contributed by atoms with E-state index in [0.29, 0.717) is 0 Å². The van der Waals surface area contributed by atoms with Crippen LogP contribution >= 0.6 is 0 Å². The molecule has 1 unspecified atom stereocenters. The number of carboxylic acid groups (broad SMARTS) is 1. The van der Waals surface area contributed by atoms with Gasteiger partial charge < -0.3 is 10.4 Å². The summed E-state index contributed by atoms with van der Waals surface area (Å²) in [5, 5.41) is 9.43. The van der Waals surface area contributed by atoms with E-state index in [2.05, 4.69) is 5.32 Å². The molecule has 0 aliphatic carbocycles. The van der Waals surface area contributed by atoms with E-state index in [9.17, 15) is 22.4 Å². The fourth-order valence-corrected chi connectivity index (χ4v) is 2.82. The van der Waals surface area contributed by atoms with E-state index < -0.39 is 39.3 Å². The molecule has 0 aliphatic heterocycles. The molecule has 6 nitrogen and oxygen atoms in total. The molecule has 0 bridgehead atoms. The van der Waals surface area contributed by atoms with Gasteiger partial charge in [0.15, 0.2) is 9.84 Å². The van der Waals surface area contributed by atoms with Crippen LogP contribution in [0.4, 0.5) is 4.39 Å². The molecular weight excluding hydrogens is 289 g/mol. The van der Waals surface area contributed by atoms with Gasteiger partial charge in [0.25, 0.3) is 0 Å². The Morgan fingerprint density at radius 1 is 1.30 bits per heavy atom. The van der Waals surface area contributed by atoms with Crippen LogP contribution in [0, 0.1) is 5.82 Å². The molecule has 8 heteroatoms. The smallest absolute Gasteiger partial charge is 0.322 e. The van der Waals surface area contributed by atoms with Crippen molar-refractivity contribution in [3.63, 3.8) is 0 Å². The summed E-state index contributed by atoms with van der Waals surface area (Å²) in [6, 6.07) is 4.28. The number of carbonyl (C=O) groups excluding carboxylic acids is 1. The molecule has 0 aromatic heterocycles. The third-order valence-electron chi connectivity index (χ3n) is 2.58. The van der Waals surface area contributed by atoms with Gasteiger partial charge in [-0.3, -0.25) is 9.59 Å². The van der Waals surface area contributed by atoms with E-state index in [0.717, 1.165) is 24.3 Å². The number of aliphatic carboxylic acids is 1. The van der Waals surface area contributed by atoms with Gasteiger partial charge in [0.05, 0.1) is 10.1 Å². The molecule has 0 saturated carbocycles. The first-order valence-corrected chi connectivity index (χ1v) is 7.26. The van der Waals surface area contributed by atoms with Crippen molar-refractivity contribution in [1.29, 1.82) is 0 Å². The number of nitrogens with one attached hydrogen (secondary N) is 1. The Bertz CT molecular complexity index is 597. The number of carbonyl (C=O) groups is 2. The number of hydrogen-bond acceptors (Lipinski definition) is 4. The molecule has 20 heavy (non-hydrogen) atoms. The zero-order valence-corrected chi connectivity index (χ0v) is 11.5. The zero-order chi connectivity index (χ0) is 15.3. The van der Waals surface area contributed by atoms with Crippen molar-refractivity contribution in [2.75, 3.05) is 6.54 Å². The molecule has 1 aromatic carbocycles. The Morgan fingerprint density at radius 3 is 2.35 bits per heavy atom. The predicted molar refractivity (Wildman–Crippen MR) is 68.3 cm³/mol. The highest BCUT2D eigenvalue weighted by atomic mass is 32.2. The van der Waals surface area contributed by atoms with E-state index in [1.54, 1.807) is 0 Å². The summed E-state index contributed by atoms with van der Waals surface area (Å²) in [5.41, 5.74) is 0. The van der Waals surface area contributed by atoms with Gasteiger partial charge in [0, 0.05) is 6.42 Å². The second-order valence-electron chi connectivity index (χ2n) is 4.18. The summed E-state index contributed by atoms with van der Waals surface area (Å²) in [4.78, 5) is 21.6. The third-order valence-corrected chi connectivity index (χ3v) is 4.74. The van der Waals surface area contributed by atoms with Gasteiger partial charge in [-0.05, 0) is 31.2 Å². The summed E-state index contributed by atoms with van der Waals surface area (Å²) in [6.45, 7) is 0.765. The van der Waals surface area contributed by atoms with Gasteiger partial charge in [0.1, 0.15) is 12.4 Å². The van der Waals surface area contributed by atoms with Crippen LogP contribution in [0.1, 0.15) is 13.3 Å². The maximum atomic E-state index is 12.7. The molecule has 0 spiro atoms. The van der Waals surface area contributed by atoms with Gasteiger partial charge in [-0.2, -0.15) is 0 Å². The lowest BCUT2D eigenvalue weighted by atomic mass is 10.3. The Balaban J connectivity index is 2.75. The lowest BCUT2D eigenvalue weighted by Crippen LogP contribution is -2.33. The summed E-state index contributed by atoms with van der Waals surface area (Å²) in [7, 11) is -3.76. The average Bonchev–Trinajstić information content (AvgIpc) is 2.36. The first-order chi connectivity index (χ1) is 9.23. The lowest BCUT2D eigenvalue weighted by Gasteiger charge is -2.12. The molecule has 0 aliphatic rings. The van der Waals surface area contributed by atoms with E-state index in [1.807, 2.05) is 0 Å². The molecule has 1 rings (SSSR count). The molecule has 110 valence electrons. The maximum absolute atomic E-state index is 12.7. The first kappa shape index (κ1) is 16.1. The van der Waals surface area contributed by atoms with Gasteiger partial charge in [-0.1, -0.05) is 0 Å². The van der Waals surface area contributed by atoms with Crippen LogP contribution in [0.2, 0.25) is 0 Å². The molecule has 0 heterocycles. The summed E-state index contributed by atoms with van der Waals surface area (Å²) < 4.78 is 36.9. The summed E-state index contributed by atoms with van der Waals surface area (Å²) in [5.74, 6) is -2.45. The monoisotopic (exact) mass is 303 g/mol. The molecule has 1 amide bonds. The van der Waals surface area contributed by atoms with Crippen LogP contribution in [0.15, 0.2) is 29.2 Å². The number of hydrogen-bond donors (Lipinski definition) is 2. The Hall–Kier alpha value is -1.96. The van der Waals surface area contributed by atoms with Crippen molar-refractivity contribution >= 4 is 21.7 Å². The van der Waals surface area contributed by atoms with Crippen molar-refractivity contribution in [2.45, 2.75) is 23.5 Å². The second-order valence-corrected chi connectivity index (χ2v) is 6.55. The highest BCUT2D eigenvalue weighted by Gasteiger charge is 2.25. The van der Waals surface area contributed by atoms with Gasteiger partial charge in [0.2, 0.25) is 5.91 Å². The highest BCUT2D eigenvalue weighted by molar-refractivity contribution is 7.92. The Morgan fingerprint density at radius 2 is 1.85 bits per heavy atom. The second kappa shape index (κ2) is 6.47. The first-order valence-electron chi connectivity index (χ1n) is 5.71. The van der Waals surface area contributed by atoms with Crippen molar-refractivity contribution < 1.29 is 27.5 Å². The number of benzene rings is 1. The van der Waals surface area contributed by atoms with E-state index >= 15 is 0 Å². The standard InChI is InChI=1S/C12H14FNO5S/c1-8(6-11(15)14-7-12(16)17)20(18,19)10-4-2-9(13)3-5-10/h2-5,8H,6-7H2,1H3,(H,14,15)(H,16,17). The van der Waals surface area contributed by atoms with E-state index in [-0.39, 0.29) is 11.3 Å². The fourth-order valence-electron chi connectivity index (χ4n) is 1.47. The van der Waals surface area contributed by atoms with Gasteiger partial charge >= 0.3 is 5.97 Å². The van der Waals surface area contributed by atoms with Crippen LogP contribution in [-0.4, -0.2) is 37.2 Å². The van der Waals surface area contributed by atoms with Crippen molar-refractivity contribution in [3.05, 3.63) is 30.1 Å². The quantitative estimate of drug-likeness (QED) is 0.749. The Kier molecular flexibility index (Phi) is 5.20. The van der Waals surface area contributed by atoms with Crippen molar-refractivity contribution in [2.24, 2.45) is 0 Å². The van der Waals surface area contributed by atoms with Crippen LogP contribution in [0.25, 0.3) is 0 Å². The SMILES string of the molecule is CC(CC(=O)NCC(=O)O)S(=O)(=O)c1ccc(F)cc1. The molecule has 0 radical (unpaired) electrons. The number of halogens is 1. The predicted octanol–water partition coefficient (Wildman–Crippen LogP) is 0.579.